The van der Waals surface area contributed by atoms with Crippen molar-refractivity contribution in [1.29, 1.82) is 0 Å². The number of aliphatic hydroxyl groups is 2. The van der Waals surface area contributed by atoms with Crippen LogP contribution in [0.1, 0.15) is 98.8 Å². The van der Waals surface area contributed by atoms with Crippen LogP contribution >= 0.6 is 0 Å². The molecule has 0 aliphatic heterocycles. The summed E-state index contributed by atoms with van der Waals surface area (Å²) in [5.41, 5.74) is -1.11. The topological polar surface area (TPSA) is 81.0 Å². The number of aliphatic carboxylic acids is 1. The van der Waals surface area contributed by atoms with Crippen molar-refractivity contribution in [3.05, 3.63) is 0 Å². The number of carboxylic acids is 1. The molecule has 5 nitrogen and oxygen atoms in total. The van der Waals surface area contributed by atoms with E-state index in [0.29, 0.717) is 0 Å². The van der Waals surface area contributed by atoms with Gasteiger partial charge in [0.15, 0.2) is 0 Å². The zero-order valence-electron chi connectivity index (χ0n) is 19.0. The van der Waals surface area contributed by atoms with E-state index in [1.165, 1.54) is 51.4 Å². The van der Waals surface area contributed by atoms with Gasteiger partial charge in [-0.1, -0.05) is 85.5 Å². The third-order valence-corrected chi connectivity index (χ3v) is 5.34. The lowest BCUT2D eigenvalue weighted by molar-refractivity contribution is -0.183. The first-order valence-corrected chi connectivity index (χ1v) is 10.8. The maximum atomic E-state index is 10.6. The molecule has 0 aromatic rings. The summed E-state index contributed by atoms with van der Waals surface area (Å²) in [6, 6.07) is 0. The SMILES string of the molecule is CC(C)C(O)(C(C)O)N(C)C.CCCCCCCCCCCC(C)C(=O)O. The lowest BCUT2D eigenvalue weighted by atomic mass is 9.93. The highest BCUT2D eigenvalue weighted by Crippen LogP contribution is 2.23. The molecule has 164 valence electrons. The summed E-state index contributed by atoms with van der Waals surface area (Å²) in [5.74, 6) is -0.804. The van der Waals surface area contributed by atoms with Crippen molar-refractivity contribution in [2.24, 2.45) is 11.8 Å². The number of unbranched alkanes of at least 4 members (excludes halogenated alkanes) is 8. The molecule has 0 amide bonds. The molecule has 0 aliphatic carbocycles. The van der Waals surface area contributed by atoms with Crippen LogP contribution in [0, 0.1) is 11.8 Å². The fraction of sp³-hybridized carbons (Fsp3) is 0.955. The maximum absolute atomic E-state index is 10.6. The Morgan fingerprint density at radius 3 is 1.56 bits per heavy atom. The van der Waals surface area contributed by atoms with E-state index in [1.807, 2.05) is 13.8 Å². The van der Waals surface area contributed by atoms with Crippen molar-refractivity contribution in [2.75, 3.05) is 14.1 Å². The average Bonchev–Trinajstić information content (AvgIpc) is 2.59. The van der Waals surface area contributed by atoms with Gasteiger partial charge in [-0.25, -0.2) is 0 Å². The first-order chi connectivity index (χ1) is 12.5. The van der Waals surface area contributed by atoms with Gasteiger partial charge in [-0.15, -0.1) is 0 Å². The second-order valence-corrected chi connectivity index (χ2v) is 8.36. The highest BCUT2D eigenvalue weighted by molar-refractivity contribution is 5.69. The minimum absolute atomic E-state index is 0.0116. The van der Waals surface area contributed by atoms with Crippen molar-refractivity contribution in [3.8, 4) is 0 Å². The minimum atomic E-state index is -1.11. The Kier molecular flexibility index (Phi) is 17.3. The molecule has 3 atom stereocenters. The summed E-state index contributed by atoms with van der Waals surface area (Å²) in [6.07, 6.45) is 11.8. The minimum Gasteiger partial charge on any atom is -0.481 e. The van der Waals surface area contributed by atoms with Crippen LogP contribution in [0.25, 0.3) is 0 Å². The quantitative estimate of drug-likeness (QED) is 0.291. The van der Waals surface area contributed by atoms with Crippen molar-refractivity contribution in [3.63, 3.8) is 0 Å². The number of carboxylic acid groups (broad SMARTS) is 1. The van der Waals surface area contributed by atoms with Crippen LogP contribution in [0.2, 0.25) is 0 Å². The molecule has 0 aromatic heterocycles. The van der Waals surface area contributed by atoms with Crippen LogP contribution in [0.4, 0.5) is 0 Å². The molecule has 0 bridgehead atoms. The smallest absolute Gasteiger partial charge is 0.306 e. The average molecular weight is 390 g/mol. The molecule has 3 N–H and O–H groups in total. The Balaban J connectivity index is 0. The molecule has 0 aromatic carbocycles. The maximum Gasteiger partial charge on any atom is 0.306 e. The van der Waals surface area contributed by atoms with E-state index in [9.17, 15) is 15.0 Å². The molecule has 3 unspecified atom stereocenters. The summed E-state index contributed by atoms with van der Waals surface area (Å²) in [5, 5.41) is 27.9. The molecule has 0 spiro atoms. The molecule has 27 heavy (non-hydrogen) atoms. The molecule has 0 saturated heterocycles. The van der Waals surface area contributed by atoms with E-state index >= 15 is 0 Å². The van der Waals surface area contributed by atoms with Gasteiger partial charge in [-0.2, -0.15) is 0 Å². The first kappa shape index (κ1) is 28.6. The standard InChI is InChI=1S/C14H28O2.C8H19NO2/c1-3-4-5-6-7-8-9-10-11-12-13(2)14(15)16;1-6(2)8(11,7(3)10)9(4)5/h13H,3-12H2,1-2H3,(H,15,16);6-7,10-11H,1-5H3. The lowest BCUT2D eigenvalue weighted by Gasteiger charge is -2.40. The number of rotatable bonds is 14. The van der Waals surface area contributed by atoms with Crippen molar-refractivity contribution in [2.45, 2.75) is 111 Å². The predicted molar refractivity (Wildman–Crippen MR) is 114 cm³/mol. The molecule has 0 aliphatic rings. The monoisotopic (exact) mass is 389 g/mol. The van der Waals surface area contributed by atoms with Crippen molar-refractivity contribution < 1.29 is 20.1 Å². The van der Waals surface area contributed by atoms with E-state index < -0.39 is 17.8 Å². The van der Waals surface area contributed by atoms with Crippen molar-refractivity contribution >= 4 is 5.97 Å². The third-order valence-electron chi connectivity index (χ3n) is 5.34. The Labute approximate surface area is 168 Å². The van der Waals surface area contributed by atoms with Gasteiger partial charge in [0.25, 0.3) is 0 Å². The van der Waals surface area contributed by atoms with E-state index in [1.54, 1.807) is 32.8 Å². The zero-order valence-corrected chi connectivity index (χ0v) is 19.0. The molecule has 0 rings (SSSR count). The molecular weight excluding hydrogens is 342 g/mol. The van der Waals surface area contributed by atoms with Gasteiger partial charge in [-0.05, 0) is 33.4 Å². The van der Waals surface area contributed by atoms with Crippen LogP contribution in [0.15, 0.2) is 0 Å². The Hall–Kier alpha value is -0.650. The molecule has 0 fully saturated rings. The number of hydrogen-bond acceptors (Lipinski definition) is 4. The normalized spacial score (nSPS) is 15.8. The summed E-state index contributed by atoms with van der Waals surface area (Å²) >= 11 is 0. The van der Waals surface area contributed by atoms with E-state index in [0.717, 1.165) is 12.8 Å². The van der Waals surface area contributed by atoms with Gasteiger partial charge in [0, 0.05) is 0 Å². The van der Waals surface area contributed by atoms with Crippen molar-refractivity contribution in [1.82, 2.24) is 4.90 Å². The molecule has 0 radical (unpaired) electrons. The van der Waals surface area contributed by atoms with Gasteiger partial charge in [0.05, 0.1) is 12.0 Å². The first-order valence-electron chi connectivity index (χ1n) is 10.8. The summed E-state index contributed by atoms with van der Waals surface area (Å²) in [6.45, 7) is 9.40. The Morgan fingerprint density at radius 2 is 1.30 bits per heavy atom. The van der Waals surface area contributed by atoms with Gasteiger partial charge in [0.1, 0.15) is 5.72 Å². The number of nitrogens with zero attached hydrogens (tertiary/aromatic N) is 1. The number of carbonyl (C=O) groups is 1. The van der Waals surface area contributed by atoms with Gasteiger partial charge >= 0.3 is 5.97 Å². The lowest BCUT2D eigenvalue weighted by Crippen LogP contribution is -2.56. The van der Waals surface area contributed by atoms with E-state index in [2.05, 4.69) is 6.92 Å². The zero-order chi connectivity index (χ0) is 21.5. The van der Waals surface area contributed by atoms with Gasteiger partial charge < -0.3 is 15.3 Å². The summed E-state index contributed by atoms with van der Waals surface area (Å²) in [7, 11) is 3.51. The molecule has 5 heteroatoms. The largest absolute Gasteiger partial charge is 0.481 e. The summed E-state index contributed by atoms with van der Waals surface area (Å²) in [4.78, 5) is 12.2. The highest BCUT2D eigenvalue weighted by Gasteiger charge is 2.38. The molecular formula is C22H47NO4. The van der Waals surface area contributed by atoms with Gasteiger partial charge in [-0.3, -0.25) is 9.69 Å². The van der Waals surface area contributed by atoms with E-state index in [-0.39, 0.29) is 11.8 Å². The van der Waals surface area contributed by atoms with Crippen LogP contribution < -0.4 is 0 Å². The fourth-order valence-corrected chi connectivity index (χ4v) is 3.26. The van der Waals surface area contributed by atoms with Gasteiger partial charge in [0.2, 0.25) is 0 Å². The highest BCUT2D eigenvalue weighted by atomic mass is 16.4. The van der Waals surface area contributed by atoms with E-state index in [4.69, 9.17) is 5.11 Å². The Morgan fingerprint density at radius 1 is 0.889 bits per heavy atom. The summed E-state index contributed by atoms with van der Waals surface area (Å²) < 4.78 is 0. The number of hydrogen-bond donors (Lipinski definition) is 3. The Bertz CT molecular complexity index is 334. The second-order valence-electron chi connectivity index (χ2n) is 8.36. The van der Waals surface area contributed by atoms with Crippen LogP contribution in [0.5, 0.6) is 0 Å². The third kappa shape index (κ3) is 13.2. The van der Waals surface area contributed by atoms with Crippen LogP contribution in [-0.4, -0.2) is 52.1 Å². The second kappa shape index (κ2) is 16.3. The van der Waals surface area contributed by atoms with Crippen LogP contribution in [0.3, 0.4) is 0 Å². The molecule has 0 heterocycles. The number of aliphatic hydroxyl groups excluding tert-OH is 1. The molecule has 0 saturated carbocycles. The van der Waals surface area contributed by atoms with Crippen LogP contribution in [-0.2, 0) is 4.79 Å². The predicted octanol–water partition coefficient (Wildman–Crippen LogP) is 4.90. The fourth-order valence-electron chi connectivity index (χ4n) is 3.26. The number of likely N-dealkylation sites (N-methyl/N-ethyl adjacent to an activating group) is 1.